The van der Waals surface area contributed by atoms with Crippen molar-refractivity contribution in [1.29, 1.82) is 0 Å². The molecule has 7 nitrogen and oxygen atoms in total. The standard InChI is InChI=1S/C27H18BrN3O4S/c28-21-12-15(8-11-22(21)32)13-23-26(33)30-25(17-5-3-6-18(14-17)31(34)35)20-10-9-16-4-1-2-7-19(16)24(20)29-27(30)36-23/h1-8,11-14,25,32H,9-10H2/b23-13-/t25-/m1/s1. The van der Waals surface area contributed by atoms with E-state index in [4.69, 9.17) is 4.99 Å². The molecule has 0 unspecified atom stereocenters. The summed E-state index contributed by atoms with van der Waals surface area (Å²) in [5, 5.41) is 21.4. The molecule has 0 bridgehead atoms. The summed E-state index contributed by atoms with van der Waals surface area (Å²) in [4.78, 5) is 30.4. The lowest BCUT2D eigenvalue weighted by atomic mass is 9.83. The highest BCUT2D eigenvalue weighted by atomic mass is 79.9. The molecule has 0 saturated carbocycles. The molecule has 3 aromatic carbocycles. The summed E-state index contributed by atoms with van der Waals surface area (Å²) in [5.74, 6) is 0.116. The lowest BCUT2D eigenvalue weighted by Crippen LogP contribution is -2.38. The molecular formula is C27H18BrN3O4S. The lowest BCUT2D eigenvalue weighted by Gasteiger charge is -2.30. The molecule has 2 aliphatic rings. The Morgan fingerprint density at radius 1 is 1.11 bits per heavy atom. The minimum absolute atomic E-state index is 0.0149. The maximum atomic E-state index is 13.8. The van der Waals surface area contributed by atoms with Gasteiger partial charge in [-0.25, -0.2) is 4.99 Å². The summed E-state index contributed by atoms with van der Waals surface area (Å²) in [6.45, 7) is 0. The zero-order valence-electron chi connectivity index (χ0n) is 18.7. The molecule has 1 atom stereocenters. The number of thiazole rings is 1. The van der Waals surface area contributed by atoms with Crippen LogP contribution >= 0.6 is 27.3 Å². The van der Waals surface area contributed by atoms with E-state index < -0.39 is 11.0 Å². The van der Waals surface area contributed by atoms with Crippen LogP contribution < -0.4 is 14.9 Å². The van der Waals surface area contributed by atoms with E-state index in [1.807, 2.05) is 24.3 Å². The summed E-state index contributed by atoms with van der Waals surface area (Å²) in [6, 6.07) is 19.2. The topological polar surface area (TPSA) is 97.7 Å². The van der Waals surface area contributed by atoms with Gasteiger partial charge in [0.15, 0.2) is 4.80 Å². The Kier molecular flexibility index (Phi) is 5.46. The third-order valence-corrected chi connectivity index (χ3v) is 8.16. The maximum Gasteiger partial charge on any atom is 0.271 e. The number of halogens is 1. The summed E-state index contributed by atoms with van der Waals surface area (Å²) in [7, 11) is 0. The van der Waals surface area contributed by atoms with Gasteiger partial charge in [-0.3, -0.25) is 19.5 Å². The van der Waals surface area contributed by atoms with Crippen molar-refractivity contribution in [3.05, 3.63) is 129 Å². The lowest BCUT2D eigenvalue weighted by molar-refractivity contribution is -0.384. The van der Waals surface area contributed by atoms with Crippen molar-refractivity contribution in [2.75, 3.05) is 0 Å². The van der Waals surface area contributed by atoms with Gasteiger partial charge in [0.2, 0.25) is 0 Å². The van der Waals surface area contributed by atoms with Crippen LogP contribution in [0.1, 0.15) is 34.7 Å². The Bertz CT molecular complexity index is 1790. The van der Waals surface area contributed by atoms with Crippen LogP contribution in [0.25, 0.3) is 11.8 Å². The minimum atomic E-state index is -0.488. The minimum Gasteiger partial charge on any atom is -0.507 e. The van der Waals surface area contributed by atoms with Gasteiger partial charge in [-0.1, -0.05) is 53.8 Å². The van der Waals surface area contributed by atoms with E-state index in [-0.39, 0.29) is 17.0 Å². The molecule has 0 amide bonds. The summed E-state index contributed by atoms with van der Waals surface area (Å²) in [6.07, 6.45) is 3.29. The summed E-state index contributed by atoms with van der Waals surface area (Å²) >= 11 is 4.61. The van der Waals surface area contributed by atoms with Gasteiger partial charge in [0, 0.05) is 17.7 Å². The van der Waals surface area contributed by atoms with Crippen molar-refractivity contribution in [3.63, 3.8) is 0 Å². The van der Waals surface area contributed by atoms with E-state index in [0.29, 0.717) is 25.8 Å². The number of hydrogen-bond donors (Lipinski definition) is 1. The third-order valence-electron chi connectivity index (χ3n) is 6.54. The zero-order chi connectivity index (χ0) is 25.0. The van der Waals surface area contributed by atoms with Crippen molar-refractivity contribution in [3.8, 4) is 5.75 Å². The molecule has 0 fully saturated rings. The molecule has 1 aliphatic carbocycles. The van der Waals surface area contributed by atoms with Crippen LogP contribution in [0.4, 0.5) is 5.69 Å². The van der Waals surface area contributed by atoms with Gasteiger partial charge in [-0.05, 0) is 69.2 Å². The van der Waals surface area contributed by atoms with Gasteiger partial charge in [0.05, 0.1) is 25.7 Å². The van der Waals surface area contributed by atoms with Crippen molar-refractivity contribution in [2.45, 2.75) is 18.9 Å². The second kappa shape index (κ2) is 8.69. The molecule has 6 rings (SSSR count). The first kappa shape index (κ1) is 22.6. The van der Waals surface area contributed by atoms with Gasteiger partial charge >= 0.3 is 0 Å². The number of nitro groups is 1. The highest BCUT2D eigenvalue weighted by Gasteiger charge is 2.33. The van der Waals surface area contributed by atoms with Gasteiger partial charge in [-0.15, -0.1) is 0 Å². The van der Waals surface area contributed by atoms with Crippen LogP contribution in [-0.2, 0) is 6.42 Å². The van der Waals surface area contributed by atoms with E-state index in [9.17, 15) is 20.0 Å². The average Bonchev–Trinajstić information content (AvgIpc) is 3.19. The van der Waals surface area contributed by atoms with E-state index >= 15 is 0 Å². The van der Waals surface area contributed by atoms with E-state index in [0.717, 1.165) is 28.8 Å². The molecule has 0 saturated heterocycles. The van der Waals surface area contributed by atoms with Crippen molar-refractivity contribution in [1.82, 2.24) is 4.57 Å². The van der Waals surface area contributed by atoms with E-state index in [2.05, 4.69) is 22.0 Å². The molecule has 178 valence electrons. The van der Waals surface area contributed by atoms with Crippen molar-refractivity contribution < 1.29 is 10.0 Å². The first-order chi connectivity index (χ1) is 17.4. The number of nitrogens with zero attached hydrogens (tertiary/aromatic N) is 3. The number of hydrogen-bond acceptors (Lipinski definition) is 6. The number of rotatable bonds is 3. The molecule has 4 aromatic rings. The van der Waals surface area contributed by atoms with E-state index in [1.165, 1.54) is 23.0 Å². The average molecular weight is 560 g/mol. The predicted molar refractivity (Wildman–Crippen MR) is 142 cm³/mol. The second-order valence-electron chi connectivity index (χ2n) is 8.68. The molecule has 1 aromatic heterocycles. The second-order valence-corrected chi connectivity index (χ2v) is 10.5. The van der Waals surface area contributed by atoms with Crippen LogP contribution in [-0.4, -0.2) is 14.6 Å². The molecule has 2 heterocycles. The number of phenols is 1. The van der Waals surface area contributed by atoms with Gasteiger partial charge in [-0.2, -0.15) is 0 Å². The molecule has 0 spiro atoms. The fourth-order valence-electron chi connectivity index (χ4n) is 4.90. The Hall–Kier alpha value is -3.82. The quantitative estimate of drug-likeness (QED) is 0.290. The van der Waals surface area contributed by atoms with Crippen molar-refractivity contribution >= 4 is 44.7 Å². The highest BCUT2D eigenvalue weighted by Crippen LogP contribution is 2.41. The molecule has 1 N–H and O–H groups in total. The highest BCUT2D eigenvalue weighted by molar-refractivity contribution is 9.10. The number of aromatic nitrogens is 1. The largest absolute Gasteiger partial charge is 0.507 e. The van der Waals surface area contributed by atoms with Crippen molar-refractivity contribution in [2.24, 2.45) is 4.99 Å². The van der Waals surface area contributed by atoms with E-state index in [1.54, 1.807) is 41.0 Å². The molecular weight excluding hydrogens is 542 g/mol. The molecule has 0 radical (unpaired) electrons. The van der Waals surface area contributed by atoms with Crippen LogP contribution in [0, 0.1) is 10.1 Å². The normalized spacial score (nSPS) is 16.7. The van der Waals surface area contributed by atoms with Crippen LogP contribution in [0.15, 0.2) is 86.6 Å². The smallest absolute Gasteiger partial charge is 0.271 e. The number of non-ortho nitro benzene ring substituents is 1. The van der Waals surface area contributed by atoms with Crippen LogP contribution in [0.5, 0.6) is 5.75 Å². The summed E-state index contributed by atoms with van der Waals surface area (Å²) < 4.78 is 2.69. The van der Waals surface area contributed by atoms with Gasteiger partial charge in [0.25, 0.3) is 11.2 Å². The molecule has 36 heavy (non-hydrogen) atoms. The Labute approximate surface area is 217 Å². The fraction of sp³-hybridized carbons (Fsp3) is 0.111. The summed E-state index contributed by atoms with van der Waals surface area (Å²) in [5.41, 5.74) is 5.29. The Morgan fingerprint density at radius 2 is 1.94 bits per heavy atom. The predicted octanol–water partition coefficient (Wildman–Crippen LogP) is 4.70. The number of aromatic hydroxyl groups is 1. The monoisotopic (exact) mass is 559 g/mol. The van der Waals surface area contributed by atoms with Gasteiger partial charge < -0.3 is 5.11 Å². The number of fused-ring (bicyclic) bond motifs is 3. The third kappa shape index (κ3) is 3.71. The van der Waals surface area contributed by atoms with Gasteiger partial charge in [0.1, 0.15) is 5.75 Å². The zero-order valence-corrected chi connectivity index (χ0v) is 21.1. The number of aryl methyl sites for hydroxylation is 1. The maximum absolute atomic E-state index is 13.8. The number of allylic oxidation sites excluding steroid dienone is 1. The number of phenolic OH excluding ortho intramolecular Hbond substituents is 1. The van der Waals surface area contributed by atoms with Crippen LogP contribution in [0.3, 0.4) is 0 Å². The first-order valence-electron chi connectivity index (χ1n) is 11.3. The molecule has 9 heteroatoms. The SMILES string of the molecule is O=c1/c(=C/c2ccc(O)c(Br)c2)sc2n1[C@H](c1cccc([N+](=O)[O-])c1)C1=C(N=2)c2ccccc2CC1. The first-order valence-corrected chi connectivity index (χ1v) is 12.9. The molecule has 1 aliphatic heterocycles. The number of benzene rings is 3. The van der Waals surface area contributed by atoms with Crippen LogP contribution in [0.2, 0.25) is 0 Å². The fourth-order valence-corrected chi connectivity index (χ4v) is 6.29. The Balaban J connectivity index is 1.62. The Morgan fingerprint density at radius 3 is 2.75 bits per heavy atom. The number of nitro benzene ring substituents is 1.